The normalized spacial score (nSPS) is 38.1. The van der Waals surface area contributed by atoms with Gasteiger partial charge in [0.05, 0.1) is 38.1 Å². The van der Waals surface area contributed by atoms with Gasteiger partial charge in [-0.3, -0.25) is 0 Å². The summed E-state index contributed by atoms with van der Waals surface area (Å²) in [6.07, 6.45) is 4.29. The van der Waals surface area contributed by atoms with E-state index in [1.165, 1.54) is 23.1 Å². The van der Waals surface area contributed by atoms with Gasteiger partial charge in [-0.2, -0.15) is 0 Å². The van der Waals surface area contributed by atoms with Crippen molar-refractivity contribution in [3.8, 4) is 0 Å². The van der Waals surface area contributed by atoms with Crippen molar-refractivity contribution in [1.29, 1.82) is 0 Å². The molecular formula is C26H27BrO3. The molecule has 1 heterocycles. The second-order valence-corrected chi connectivity index (χ2v) is 10.2. The molecule has 3 nitrogen and oxygen atoms in total. The lowest BCUT2D eigenvalue weighted by atomic mass is 9.70. The Balaban J connectivity index is 1.21. The molecule has 8 atom stereocenters. The van der Waals surface area contributed by atoms with Crippen LogP contribution in [0.5, 0.6) is 0 Å². The summed E-state index contributed by atoms with van der Waals surface area (Å²) >= 11 is 3.98. The van der Waals surface area contributed by atoms with Gasteiger partial charge >= 0.3 is 0 Å². The van der Waals surface area contributed by atoms with Gasteiger partial charge in [0.25, 0.3) is 0 Å². The van der Waals surface area contributed by atoms with E-state index in [1.807, 2.05) is 6.07 Å². The molecular weight excluding hydrogens is 440 g/mol. The molecule has 2 bridgehead atoms. The summed E-state index contributed by atoms with van der Waals surface area (Å²) in [4.78, 5) is 0.453. The highest BCUT2D eigenvalue weighted by Crippen LogP contribution is 2.65. The molecule has 1 saturated heterocycles. The van der Waals surface area contributed by atoms with Crippen LogP contribution in [0.3, 0.4) is 0 Å². The van der Waals surface area contributed by atoms with E-state index in [4.69, 9.17) is 14.2 Å². The predicted molar refractivity (Wildman–Crippen MR) is 119 cm³/mol. The third kappa shape index (κ3) is 3.20. The van der Waals surface area contributed by atoms with Crippen LogP contribution in [-0.2, 0) is 27.4 Å². The number of rotatable bonds is 7. The van der Waals surface area contributed by atoms with Crippen molar-refractivity contribution >= 4 is 15.9 Å². The van der Waals surface area contributed by atoms with Crippen molar-refractivity contribution < 1.29 is 14.2 Å². The molecule has 30 heavy (non-hydrogen) atoms. The fraction of sp³-hybridized carbons (Fsp3) is 0.462. The molecule has 3 fully saturated rings. The van der Waals surface area contributed by atoms with E-state index in [0.717, 1.165) is 0 Å². The number of hydrogen-bond acceptors (Lipinski definition) is 3. The average Bonchev–Trinajstić information content (AvgIpc) is 3.43. The average molecular weight is 467 g/mol. The van der Waals surface area contributed by atoms with Crippen molar-refractivity contribution in [2.45, 2.75) is 42.8 Å². The minimum Gasteiger partial charge on any atom is -0.372 e. The largest absolute Gasteiger partial charge is 0.372 e. The van der Waals surface area contributed by atoms with Gasteiger partial charge in [-0.1, -0.05) is 82.7 Å². The SMILES string of the molecule is Br[C@@H]1[C@@H]2C[C@@H]3[C@H]1O[C@@H]1C(COCc4ccccc4)=C[C@H](OCc4ccccc4)[C@H]2[C@H]31. The predicted octanol–water partition coefficient (Wildman–Crippen LogP) is 5.14. The smallest absolute Gasteiger partial charge is 0.0848 e. The van der Waals surface area contributed by atoms with Crippen LogP contribution in [0.2, 0.25) is 0 Å². The molecule has 2 aromatic rings. The van der Waals surface area contributed by atoms with E-state index in [0.29, 0.717) is 54.4 Å². The number of halogens is 1. The molecule has 0 N–H and O–H groups in total. The number of ether oxygens (including phenoxy) is 3. The highest BCUT2D eigenvalue weighted by molar-refractivity contribution is 9.09. The van der Waals surface area contributed by atoms with Crippen LogP contribution >= 0.6 is 15.9 Å². The van der Waals surface area contributed by atoms with E-state index in [9.17, 15) is 0 Å². The summed E-state index contributed by atoms with van der Waals surface area (Å²) in [6, 6.07) is 20.9. The maximum Gasteiger partial charge on any atom is 0.0848 e. The van der Waals surface area contributed by atoms with Gasteiger partial charge in [0.2, 0.25) is 0 Å². The van der Waals surface area contributed by atoms with Crippen LogP contribution in [0, 0.1) is 23.7 Å². The van der Waals surface area contributed by atoms with Gasteiger partial charge in [-0.25, -0.2) is 0 Å². The molecule has 1 aliphatic heterocycles. The van der Waals surface area contributed by atoms with Crippen molar-refractivity contribution in [3.63, 3.8) is 0 Å². The first-order chi connectivity index (χ1) is 14.8. The summed E-state index contributed by atoms with van der Waals surface area (Å²) in [6.45, 7) is 1.90. The highest BCUT2D eigenvalue weighted by atomic mass is 79.9. The first-order valence-corrected chi connectivity index (χ1v) is 12.0. The Morgan fingerprint density at radius 2 is 1.53 bits per heavy atom. The second-order valence-electron chi connectivity index (χ2n) is 9.17. The van der Waals surface area contributed by atoms with Gasteiger partial charge in [-0.15, -0.1) is 0 Å². The van der Waals surface area contributed by atoms with E-state index in [2.05, 4.69) is 76.6 Å². The summed E-state index contributed by atoms with van der Waals surface area (Å²) < 4.78 is 19.3. The van der Waals surface area contributed by atoms with Crippen molar-refractivity contribution in [2.24, 2.45) is 23.7 Å². The number of hydrogen-bond donors (Lipinski definition) is 0. The first-order valence-electron chi connectivity index (χ1n) is 11.1. The second kappa shape index (κ2) is 7.90. The molecule has 4 aliphatic rings. The Kier molecular flexibility index (Phi) is 5.07. The molecule has 0 radical (unpaired) electrons. The quantitative estimate of drug-likeness (QED) is 0.417. The Morgan fingerprint density at radius 1 is 0.833 bits per heavy atom. The number of fused-ring (bicyclic) bond motifs is 2. The van der Waals surface area contributed by atoms with Crippen LogP contribution in [0.15, 0.2) is 72.3 Å². The summed E-state index contributed by atoms with van der Waals surface area (Å²) in [5, 5.41) is 0. The Labute approximate surface area is 186 Å². The lowest BCUT2D eigenvalue weighted by Crippen LogP contribution is -2.44. The molecule has 0 unspecified atom stereocenters. The van der Waals surface area contributed by atoms with Crippen LogP contribution in [0.25, 0.3) is 0 Å². The van der Waals surface area contributed by atoms with Crippen molar-refractivity contribution in [1.82, 2.24) is 0 Å². The lowest BCUT2D eigenvalue weighted by molar-refractivity contribution is -0.0177. The molecule has 0 amide bonds. The zero-order chi connectivity index (χ0) is 20.1. The van der Waals surface area contributed by atoms with Crippen LogP contribution in [0.1, 0.15) is 17.5 Å². The van der Waals surface area contributed by atoms with Gasteiger partial charge in [-0.05, 0) is 40.9 Å². The molecule has 0 aromatic heterocycles. The van der Waals surface area contributed by atoms with E-state index >= 15 is 0 Å². The van der Waals surface area contributed by atoms with Gasteiger partial charge in [0.15, 0.2) is 0 Å². The van der Waals surface area contributed by atoms with Crippen LogP contribution < -0.4 is 0 Å². The van der Waals surface area contributed by atoms with Gasteiger partial charge in [0.1, 0.15) is 0 Å². The molecule has 156 valence electrons. The summed E-state index contributed by atoms with van der Waals surface area (Å²) in [7, 11) is 0. The van der Waals surface area contributed by atoms with Gasteiger partial charge < -0.3 is 14.2 Å². The van der Waals surface area contributed by atoms with E-state index in [-0.39, 0.29) is 12.2 Å². The first kappa shape index (κ1) is 19.2. The monoisotopic (exact) mass is 466 g/mol. The third-order valence-corrected chi connectivity index (χ3v) is 8.76. The highest BCUT2D eigenvalue weighted by Gasteiger charge is 2.67. The van der Waals surface area contributed by atoms with Gasteiger partial charge in [0, 0.05) is 10.7 Å². The Bertz CT molecular complexity index is 914. The third-order valence-electron chi connectivity index (χ3n) is 7.56. The maximum absolute atomic E-state index is 6.60. The topological polar surface area (TPSA) is 27.7 Å². The van der Waals surface area contributed by atoms with Crippen LogP contribution in [-0.4, -0.2) is 29.7 Å². The Morgan fingerprint density at radius 3 is 2.27 bits per heavy atom. The van der Waals surface area contributed by atoms with E-state index in [1.54, 1.807) is 0 Å². The molecule has 2 aromatic carbocycles. The number of benzene rings is 2. The number of alkyl halides is 1. The molecule has 2 saturated carbocycles. The Hall–Kier alpha value is -1.46. The van der Waals surface area contributed by atoms with Crippen LogP contribution in [0.4, 0.5) is 0 Å². The lowest BCUT2D eigenvalue weighted by Gasteiger charge is -2.39. The zero-order valence-corrected chi connectivity index (χ0v) is 18.5. The minimum absolute atomic E-state index is 0.138. The standard InChI is InChI=1S/C26H27BrO3/c27-24-19-12-20-23-22(19)21(29-14-17-9-5-2-6-10-17)11-18(25(23)30-26(20)24)15-28-13-16-7-3-1-4-8-16/h1-11,19-26H,12-15H2/t19-,20+,21+,22+,23+,24-,25-,26-/m1/s1. The fourth-order valence-corrected chi connectivity index (χ4v) is 7.45. The zero-order valence-electron chi connectivity index (χ0n) is 16.9. The van der Waals surface area contributed by atoms with E-state index < -0.39 is 0 Å². The summed E-state index contributed by atoms with van der Waals surface area (Å²) in [5.41, 5.74) is 3.71. The fourth-order valence-electron chi connectivity index (χ4n) is 6.37. The molecule has 3 aliphatic carbocycles. The van der Waals surface area contributed by atoms with Crippen molar-refractivity contribution in [3.05, 3.63) is 83.4 Å². The molecule has 6 rings (SSSR count). The van der Waals surface area contributed by atoms with Crippen molar-refractivity contribution in [2.75, 3.05) is 6.61 Å². The minimum atomic E-state index is 0.138. The summed E-state index contributed by atoms with van der Waals surface area (Å²) in [5.74, 6) is 2.44. The molecule has 4 heteroatoms. The maximum atomic E-state index is 6.60. The molecule has 0 spiro atoms.